The van der Waals surface area contributed by atoms with Crippen LogP contribution in [-0.2, 0) is 37.2 Å². The molecular weight excluding hydrogens is 636 g/mol. The second-order valence-corrected chi connectivity index (χ2v) is 19.5. The maximum absolute atomic E-state index is 12.7. The Labute approximate surface area is 308 Å². The Morgan fingerprint density at radius 2 is 0.765 bits per heavy atom. The molecule has 3 aromatic carbocycles. The molecule has 0 amide bonds. The van der Waals surface area contributed by atoms with Crippen molar-refractivity contribution in [3.05, 3.63) is 80.9 Å². The molecule has 51 heavy (non-hydrogen) atoms. The van der Waals surface area contributed by atoms with Crippen LogP contribution in [0.5, 0.6) is 23.0 Å². The van der Waals surface area contributed by atoms with E-state index in [1.807, 2.05) is 20.8 Å². The summed E-state index contributed by atoms with van der Waals surface area (Å²) in [5, 5.41) is 45.9. The van der Waals surface area contributed by atoms with E-state index in [-0.39, 0.29) is 28.1 Å². The highest BCUT2D eigenvalue weighted by molar-refractivity contribution is 5.90. The number of aryl methyl sites for hydroxylation is 1. The van der Waals surface area contributed by atoms with Crippen LogP contribution in [0.2, 0.25) is 0 Å². The van der Waals surface area contributed by atoms with E-state index in [2.05, 4.69) is 95.2 Å². The molecule has 3 aromatic rings. The molecule has 0 aliphatic carbocycles. The van der Waals surface area contributed by atoms with Gasteiger partial charge in [0.1, 0.15) is 23.0 Å². The van der Waals surface area contributed by atoms with Crippen molar-refractivity contribution in [1.82, 2.24) is 0 Å². The molecule has 0 bridgehead atoms. The monoisotopic (exact) mass is 702 g/mol. The third-order valence-corrected chi connectivity index (χ3v) is 11.2. The van der Waals surface area contributed by atoms with Crippen LogP contribution >= 0.6 is 0 Å². The molecule has 0 aliphatic heterocycles. The molecule has 0 aliphatic rings. The fourth-order valence-corrected chi connectivity index (χ4v) is 7.26. The molecule has 0 fully saturated rings. The molecule has 282 valence electrons. The first-order valence-electron chi connectivity index (χ1n) is 18.3. The number of phenolic OH excluding ortho intramolecular Hbond substituents is 4. The van der Waals surface area contributed by atoms with Gasteiger partial charge in [-0.25, -0.2) is 4.79 Å². The Hall–Kier alpha value is -3.67. The van der Waals surface area contributed by atoms with E-state index in [4.69, 9.17) is 4.74 Å². The largest absolute Gasteiger partial charge is 0.508 e. The zero-order valence-electron chi connectivity index (χ0n) is 34.4. The van der Waals surface area contributed by atoms with Crippen LogP contribution in [0.15, 0.2) is 36.4 Å². The van der Waals surface area contributed by atoms with E-state index >= 15 is 0 Å². The molecule has 0 saturated heterocycles. The van der Waals surface area contributed by atoms with Crippen LogP contribution < -0.4 is 0 Å². The average molecular weight is 703 g/mol. The van der Waals surface area contributed by atoms with Gasteiger partial charge in [0.15, 0.2) is 0 Å². The topological polar surface area (TPSA) is 107 Å². The molecule has 6 heteroatoms. The van der Waals surface area contributed by atoms with Crippen LogP contribution in [-0.4, -0.2) is 33.5 Å². The number of benzene rings is 3. The quantitative estimate of drug-likeness (QED) is 0.117. The Morgan fingerprint density at radius 1 is 0.490 bits per heavy atom. The first-order chi connectivity index (χ1) is 23.0. The number of phenols is 4. The second-order valence-electron chi connectivity index (χ2n) is 19.5. The summed E-state index contributed by atoms with van der Waals surface area (Å²) >= 11 is 0. The molecule has 0 aromatic heterocycles. The number of carbonyl (C=O) groups excluding carboxylic acids is 1. The van der Waals surface area contributed by atoms with Crippen molar-refractivity contribution in [1.29, 1.82) is 0 Å². The highest BCUT2D eigenvalue weighted by Gasteiger charge is 2.37. The number of methoxy groups -OCH3 is 1. The molecule has 0 heterocycles. The van der Waals surface area contributed by atoms with Gasteiger partial charge in [-0.2, -0.15) is 0 Å². The lowest BCUT2D eigenvalue weighted by Gasteiger charge is -2.36. The molecular formula is C45H66O6. The fraction of sp³-hybridized carbons (Fsp3) is 0.578. The van der Waals surface area contributed by atoms with Crippen LogP contribution in [0, 0.1) is 6.92 Å². The predicted molar refractivity (Wildman–Crippen MR) is 210 cm³/mol. The van der Waals surface area contributed by atoms with Crippen molar-refractivity contribution in [3.63, 3.8) is 0 Å². The first-order valence-corrected chi connectivity index (χ1v) is 18.3. The van der Waals surface area contributed by atoms with Crippen LogP contribution in [0.3, 0.4) is 0 Å². The minimum absolute atomic E-state index is 0.0989. The first kappa shape index (κ1) is 41.7. The zero-order valence-corrected chi connectivity index (χ0v) is 34.4. The summed E-state index contributed by atoms with van der Waals surface area (Å²) in [6.45, 7) is 31.2. The van der Waals surface area contributed by atoms with E-state index in [0.717, 1.165) is 23.1 Å². The normalized spacial score (nSPS) is 13.4. The third kappa shape index (κ3) is 9.04. The number of rotatable bonds is 11. The van der Waals surface area contributed by atoms with E-state index in [0.29, 0.717) is 52.8 Å². The second kappa shape index (κ2) is 14.0. The van der Waals surface area contributed by atoms with E-state index in [1.165, 1.54) is 7.11 Å². The smallest absolute Gasteiger partial charge is 0.337 e. The zero-order chi connectivity index (χ0) is 39.3. The van der Waals surface area contributed by atoms with Gasteiger partial charge in [0, 0.05) is 27.8 Å². The summed E-state index contributed by atoms with van der Waals surface area (Å²) in [4.78, 5) is 12.7. The molecule has 0 unspecified atom stereocenters. The SMILES string of the molecule is COC(=O)c1cc(C(C)(C)C)c(O)c(C(C)(C)CCC(C)(C)c2cc(O)cc(C(C)(C)CCC(C)(C)c3cc(C)cc(C(C)(C)C)c3O)c2O)c1. The molecule has 4 N–H and O–H groups in total. The molecule has 0 spiro atoms. The average Bonchev–Trinajstić information content (AvgIpc) is 2.99. The Bertz CT molecular complexity index is 1760. The minimum Gasteiger partial charge on any atom is -0.508 e. The van der Waals surface area contributed by atoms with Gasteiger partial charge in [-0.3, -0.25) is 0 Å². The van der Waals surface area contributed by atoms with Gasteiger partial charge in [-0.05, 0) is 94.9 Å². The van der Waals surface area contributed by atoms with Crippen molar-refractivity contribution in [2.75, 3.05) is 7.11 Å². The van der Waals surface area contributed by atoms with Crippen LogP contribution in [0.4, 0.5) is 0 Å². The Kier molecular flexibility index (Phi) is 11.5. The summed E-state index contributed by atoms with van der Waals surface area (Å²) in [6.07, 6.45) is 2.70. The lowest BCUT2D eigenvalue weighted by molar-refractivity contribution is 0.0600. The third-order valence-electron chi connectivity index (χ3n) is 11.2. The van der Waals surface area contributed by atoms with Crippen molar-refractivity contribution in [2.45, 2.75) is 162 Å². The summed E-state index contributed by atoms with van der Waals surface area (Å²) in [7, 11) is 1.36. The minimum atomic E-state index is -0.552. The maximum Gasteiger partial charge on any atom is 0.337 e. The van der Waals surface area contributed by atoms with E-state index in [1.54, 1.807) is 24.3 Å². The van der Waals surface area contributed by atoms with Gasteiger partial charge < -0.3 is 25.2 Å². The van der Waals surface area contributed by atoms with Gasteiger partial charge in [0.25, 0.3) is 0 Å². The maximum atomic E-state index is 12.7. The van der Waals surface area contributed by atoms with Gasteiger partial charge >= 0.3 is 5.97 Å². The molecule has 0 radical (unpaired) electrons. The van der Waals surface area contributed by atoms with Crippen LogP contribution in [0.25, 0.3) is 0 Å². The molecule has 0 atom stereocenters. The highest BCUT2D eigenvalue weighted by Crippen LogP contribution is 2.49. The number of esters is 1. The van der Waals surface area contributed by atoms with Crippen molar-refractivity contribution in [2.24, 2.45) is 0 Å². The number of carbonyl (C=O) groups is 1. The number of aromatic hydroxyl groups is 4. The van der Waals surface area contributed by atoms with Gasteiger partial charge in [0.2, 0.25) is 0 Å². The van der Waals surface area contributed by atoms with E-state index in [9.17, 15) is 25.2 Å². The number of hydrogen-bond donors (Lipinski definition) is 4. The van der Waals surface area contributed by atoms with E-state index < -0.39 is 27.6 Å². The van der Waals surface area contributed by atoms with Crippen molar-refractivity contribution >= 4 is 5.97 Å². The Balaban J connectivity index is 1.96. The van der Waals surface area contributed by atoms with Gasteiger partial charge in [-0.1, -0.05) is 115 Å². The van der Waals surface area contributed by atoms with Crippen molar-refractivity contribution in [3.8, 4) is 23.0 Å². The summed E-state index contributed by atoms with van der Waals surface area (Å²) in [6, 6.07) is 10.9. The van der Waals surface area contributed by atoms with Gasteiger partial charge in [0.05, 0.1) is 12.7 Å². The summed E-state index contributed by atoms with van der Waals surface area (Å²) in [5.41, 5.74) is 3.52. The number of ether oxygens (including phenoxy) is 1. The van der Waals surface area contributed by atoms with Crippen LogP contribution in [0.1, 0.15) is 172 Å². The Morgan fingerprint density at radius 3 is 1.12 bits per heavy atom. The van der Waals surface area contributed by atoms with Gasteiger partial charge in [-0.15, -0.1) is 0 Å². The lowest BCUT2D eigenvalue weighted by atomic mass is 9.68. The van der Waals surface area contributed by atoms with Crippen molar-refractivity contribution < 1.29 is 30.0 Å². The molecule has 0 saturated carbocycles. The molecule has 6 nitrogen and oxygen atoms in total. The highest BCUT2D eigenvalue weighted by atomic mass is 16.5. The predicted octanol–water partition coefficient (Wildman–Crippen LogP) is 11.3. The number of hydrogen-bond acceptors (Lipinski definition) is 6. The summed E-state index contributed by atoms with van der Waals surface area (Å²) < 4.78 is 5.05. The summed E-state index contributed by atoms with van der Waals surface area (Å²) in [5.74, 6) is 0.354. The standard InChI is InChI=1S/C45H66O6/c1-27-21-30(40(2,3)4)36(47)32(22-27)42(8,9)17-19-44(12,13)34-25-29(46)26-35(38(34)49)45(14,15)20-18-43(10,11)33-24-28(39(50)51-16)23-31(37(33)48)41(5,6)7/h21-26,46-49H,17-20H2,1-16H3. The lowest BCUT2D eigenvalue weighted by Crippen LogP contribution is -2.27. The fourth-order valence-electron chi connectivity index (χ4n) is 7.26. The molecule has 3 rings (SSSR count).